The first-order valence-electron chi connectivity index (χ1n) is 9.34. The summed E-state index contributed by atoms with van der Waals surface area (Å²) < 4.78 is 26.9. The van der Waals surface area contributed by atoms with Gasteiger partial charge in [-0.25, -0.2) is 8.42 Å². The molecule has 0 aliphatic carbocycles. The summed E-state index contributed by atoms with van der Waals surface area (Å²) in [5, 5.41) is 0.230. The Morgan fingerprint density at radius 2 is 1.75 bits per heavy atom. The van der Waals surface area contributed by atoms with Crippen molar-refractivity contribution in [2.75, 3.05) is 18.5 Å². The van der Waals surface area contributed by atoms with Gasteiger partial charge in [0.25, 0.3) is 5.91 Å². The van der Waals surface area contributed by atoms with E-state index in [0.29, 0.717) is 6.54 Å². The summed E-state index contributed by atoms with van der Waals surface area (Å²) in [5.41, 5.74) is 0.935. The van der Waals surface area contributed by atoms with E-state index in [1.165, 1.54) is 29.6 Å². The zero-order chi connectivity index (χ0) is 20.9. The summed E-state index contributed by atoms with van der Waals surface area (Å²) >= 11 is 6.29. The van der Waals surface area contributed by atoms with E-state index in [1.807, 2.05) is 30.3 Å². The monoisotopic (exact) mass is 422 g/mol. The number of carbonyl (C=O) groups excluding carboxylic acids is 1. The summed E-state index contributed by atoms with van der Waals surface area (Å²) in [6.45, 7) is 6.16. The Morgan fingerprint density at radius 1 is 1.11 bits per heavy atom. The molecule has 28 heavy (non-hydrogen) atoms. The van der Waals surface area contributed by atoms with Gasteiger partial charge < -0.3 is 4.90 Å². The number of hydrogen-bond donors (Lipinski definition) is 0. The minimum Gasteiger partial charge on any atom is -0.308 e. The van der Waals surface area contributed by atoms with Crippen molar-refractivity contribution in [3.8, 4) is 0 Å². The van der Waals surface area contributed by atoms with Crippen LogP contribution in [-0.2, 0) is 10.0 Å². The molecule has 0 aliphatic heterocycles. The molecule has 0 radical (unpaired) electrons. The lowest BCUT2D eigenvalue weighted by atomic mass is 10.1. The molecular weight excluding hydrogens is 396 g/mol. The summed E-state index contributed by atoms with van der Waals surface area (Å²) in [7, 11) is -2.19. The van der Waals surface area contributed by atoms with Crippen molar-refractivity contribution in [1.29, 1.82) is 0 Å². The molecule has 0 spiro atoms. The Kier molecular flexibility index (Phi) is 7.63. The number of carbonyl (C=O) groups is 1. The second kappa shape index (κ2) is 9.54. The van der Waals surface area contributed by atoms with E-state index in [0.717, 1.165) is 18.5 Å². The van der Waals surface area contributed by atoms with Gasteiger partial charge in [0.15, 0.2) is 0 Å². The average Bonchev–Trinajstić information content (AvgIpc) is 2.68. The lowest BCUT2D eigenvalue weighted by Gasteiger charge is -2.24. The van der Waals surface area contributed by atoms with Crippen molar-refractivity contribution >= 4 is 33.2 Å². The van der Waals surface area contributed by atoms with Gasteiger partial charge in [0.2, 0.25) is 10.0 Å². The number of halogens is 1. The molecule has 0 aliphatic rings. The molecule has 5 nitrogen and oxygen atoms in total. The molecule has 0 saturated heterocycles. The normalized spacial score (nSPS) is 11.8. The largest absolute Gasteiger partial charge is 0.308 e. The predicted octanol–water partition coefficient (Wildman–Crippen LogP) is 4.82. The number of sulfonamides is 1. The van der Waals surface area contributed by atoms with Crippen LogP contribution in [0.25, 0.3) is 0 Å². The number of amides is 1. The molecule has 0 heterocycles. The third-order valence-corrected chi connectivity index (χ3v) is 6.98. The Labute approximate surface area is 173 Å². The molecule has 0 saturated carbocycles. The Morgan fingerprint density at radius 3 is 2.32 bits per heavy atom. The van der Waals surface area contributed by atoms with Crippen LogP contribution in [0.5, 0.6) is 0 Å². The van der Waals surface area contributed by atoms with Gasteiger partial charge in [0, 0.05) is 25.3 Å². The quantitative estimate of drug-likeness (QED) is 0.613. The van der Waals surface area contributed by atoms with E-state index >= 15 is 0 Å². The van der Waals surface area contributed by atoms with Gasteiger partial charge in [-0.2, -0.15) is 4.31 Å². The van der Waals surface area contributed by atoms with Crippen LogP contribution in [0.1, 0.15) is 44.0 Å². The van der Waals surface area contributed by atoms with Crippen LogP contribution in [0.2, 0.25) is 5.02 Å². The highest BCUT2D eigenvalue weighted by atomic mass is 35.5. The molecule has 2 aromatic carbocycles. The first-order chi connectivity index (χ1) is 13.2. The second-order valence-corrected chi connectivity index (χ2v) is 9.31. The second-order valence-electron chi connectivity index (χ2n) is 6.90. The molecule has 0 aromatic heterocycles. The first-order valence-corrected chi connectivity index (χ1v) is 11.2. The van der Waals surface area contributed by atoms with Gasteiger partial charge in [-0.05, 0) is 50.6 Å². The lowest BCUT2D eigenvalue weighted by molar-refractivity contribution is 0.0986. The zero-order valence-corrected chi connectivity index (χ0v) is 18.3. The fraction of sp³-hybridized carbons (Fsp3) is 0.381. The van der Waals surface area contributed by atoms with E-state index in [1.54, 1.807) is 18.7 Å². The topological polar surface area (TPSA) is 57.7 Å². The fourth-order valence-corrected chi connectivity index (χ4v) is 4.28. The number of rotatable bonds is 8. The third-order valence-electron chi connectivity index (χ3n) is 4.62. The summed E-state index contributed by atoms with van der Waals surface area (Å²) in [4.78, 5) is 15.0. The molecule has 2 rings (SSSR count). The van der Waals surface area contributed by atoms with E-state index in [4.69, 9.17) is 11.6 Å². The number of unbranched alkanes of at least 4 members (excludes halogenated alkanes) is 1. The van der Waals surface area contributed by atoms with Crippen LogP contribution in [0.3, 0.4) is 0 Å². The highest BCUT2D eigenvalue weighted by Gasteiger charge is 2.26. The maximum absolute atomic E-state index is 13.3. The molecule has 7 heteroatoms. The maximum Gasteiger partial charge on any atom is 0.259 e. The fourth-order valence-electron chi connectivity index (χ4n) is 2.69. The van der Waals surface area contributed by atoms with Crippen LogP contribution < -0.4 is 4.90 Å². The van der Waals surface area contributed by atoms with Crippen LogP contribution in [0.4, 0.5) is 5.69 Å². The number of benzene rings is 2. The zero-order valence-electron chi connectivity index (χ0n) is 16.7. The van der Waals surface area contributed by atoms with Gasteiger partial charge >= 0.3 is 0 Å². The average molecular weight is 423 g/mol. The molecule has 152 valence electrons. The predicted molar refractivity (Wildman–Crippen MR) is 115 cm³/mol. The highest BCUT2D eigenvalue weighted by Crippen LogP contribution is 2.26. The Hall–Kier alpha value is -1.89. The summed E-state index contributed by atoms with van der Waals surface area (Å²) in [6, 6.07) is 13.4. The highest BCUT2D eigenvalue weighted by molar-refractivity contribution is 7.89. The third kappa shape index (κ3) is 4.93. The van der Waals surface area contributed by atoms with Crippen molar-refractivity contribution in [3.05, 3.63) is 59.1 Å². The van der Waals surface area contributed by atoms with Crippen molar-refractivity contribution in [1.82, 2.24) is 4.31 Å². The lowest BCUT2D eigenvalue weighted by Crippen LogP contribution is -2.34. The van der Waals surface area contributed by atoms with Crippen molar-refractivity contribution in [3.63, 3.8) is 0 Å². The number of anilines is 1. The van der Waals surface area contributed by atoms with Crippen LogP contribution in [-0.4, -0.2) is 38.3 Å². The summed E-state index contributed by atoms with van der Waals surface area (Å²) in [5.74, 6) is -0.311. The maximum atomic E-state index is 13.3. The molecule has 1 amide bonds. The molecular formula is C21H27ClN2O3S. The molecule has 0 fully saturated rings. The van der Waals surface area contributed by atoms with E-state index in [9.17, 15) is 13.2 Å². The van der Waals surface area contributed by atoms with Crippen LogP contribution >= 0.6 is 11.6 Å². The van der Waals surface area contributed by atoms with E-state index < -0.39 is 10.0 Å². The van der Waals surface area contributed by atoms with Gasteiger partial charge in [-0.15, -0.1) is 0 Å². The van der Waals surface area contributed by atoms with Crippen molar-refractivity contribution in [2.45, 2.75) is 44.6 Å². The van der Waals surface area contributed by atoms with E-state index in [2.05, 4.69) is 6.92 Å². The van der Waals surface area contributed by atoms with Crippen molar-refractivity contribution < 1.29 is 13.2 Å². The Balaban J connectivity index is 2.49. The SMILES string of the molecule is CCCCN(C(=O)c1cc(S(=O)(=O)N(C)C(C)C)ccc1Cl)c1ccccc1. The molecule has 2 aromatic rings. The van der Waals surface area contributed by atoms with Crippen LogP contribution in [0, 0.1) is 0 Å². The number of hydrogen-bond acceptors (Lipinski definition) is 3. The number of nitrogens with zero attached hydrogens (tertiary/aromatic N) is 2. The molecule has 0 N–H and O–H groups in total. The minimum atomic E-state index is -3.71. The van der Waals surface area contributed by atoms with Gasteiger partial charge in [0.1, 0.15) is 0 Å². The minimum absolute atomic E-state index is 0.0555. The van der Waals surface area contributed by atoms with Gasteiger partial charge in [0.05, 0.1) is 15.5 Å². The molecule has 0 atom stereocenters. The standard InChI is InChI=1S/C21H27ClN2O3S/c1-5-6-14-24(17-10-8-7-9-11-17)21(25)19-15-18(12-13-20(19)22)28(26,27)23(4)16(2)3/h7-13,15-16H,5-6,14H2,1-4H3. The first kappa shape index (κ1) is 22.4. The Bertz CT molecular complexity index is 915. The van der Waals surface area contributed by atoms with Gasteiger partial charge in [-0.1, -0.05) is 43.1 Å². The summed E-state index contributed by atoms with van der Waals surface area (Å²) in [6.07, 6.45) is 1.75. The van der Waals surface area contributed by atoms with Gasteiger partial charge in [-0.3, -0.25) is 4.79 Å². The van der Waals surface area contributed by atoms with E-state index in [-0.39, 0.29) is 27.4 Å². The molecule has 0 bridgehead atoms. The van der Waals surface area contributed by atoms with Crippen LogP contribution in [0.15, 0.2) is 53.4 Å². The van der Waals surface area contributed by atoms with Crippen molar-refractivity contribution in [2.24, 2.45) is 0 Å². The molecule has 0 unspecified atom stereocenters. The smallest absolute Gasteiger partial charge is 0.259 e. The number of para-hydroxylation sites is 1.